The molecule has 4 nitrogen and oxygen atoms in total. The number of aryl methyl sites for hydroxylation is 1. The summed E-state index contributed by atoms with van der Waals surface area (Å²) in [7, 11) is 1.93. The number of hydrogen-bond acceptors (Lipinski definition) is 3. The lowest BCUT2D eigenvalue weighted by molar-refractivity contribution is 0.648. The predicted molar refractivity (Wildman–Crippen MR) is 70.7 cm³/mol. The molecule has 1 unspecified atom stereocenters. The van der Waals surface area contributed by atoms with Crippen molar-refractivity contribution in [2.45, 2.75) is 19.5 Å². The zero-order valence-electron chi connectivity index (χ0n) is 9.89. The lowest BCUT2D eigenvalue weighted by Crippen LogP contribution is -2.18. The van der Waals surface area contributed by atoms with E-state index in [9.17, 15) is 0 Å². The third-order valence-electron chi connectivity index (χ3n) is 2.66. The highest BCUT2D eigenvalue weighted by Crippen LogP contribution is 2.25. The first-order valence-corrected chi connectivity index (χ1v) is 6.35. The third kappa shape index (κ3) is 2.56. The highest BCUT2D eigenvalue weighted by molar-refractivity contribution is 9.10. The van der Waals surface area contributed by atoms with Crippen LogP contribution in [0.5, 0.6) is 0 Å². The van der Waals surface area contributed by atoms with Crippen LogP contribution in [0.1, 0.15) is 24.2 Å². The van der Waals surface area contributed by atoms with Crippen LogP contribution >= 0.6 is 15.9 Å². The van der Waals surface area contributed by atoms with Crippen molar-refractivity contribution in [2.24, 2.45) is 0 Å². The van der Waals surface area contributed by atoms with E-state index >= 15 is 0 Å². The lowest BCUT2D eigenvalue weighted by Gasteiger charge is -2.15. The van der Waals surface area contributed by atoms with E-state index in [1.807, 2.05) is 36.3 Å². The maximum Gasteiger partial charge on any atom is 0.0791 e. The van der Waals surface area contributed by atoms with Crippen LogP contribution in [0.3, 0.4) is 0 Å². The molecule has 2 aromatic rings. The highest BCUT2D eigenvalue weighted by Gasteiger charge is 2.17. The molecule has 0 aliphatic carbocycles. The summed E-state index contributed by atoms with van der Waals surface area (Å²) in [6.45, 7) is 2.95. The zero-order valence-corrected chi connectivity index (χ0v) is 11.5. The Kier molecular flexibility index (Phi) is 3.91. The van der Waals surface area contributed by atoms with E-state index in [2.05, 4.69) is 38.3 Å². The molecule has 0 bridgehead atoms. The molecule has 2 heterocycles. The van der Waals surface area contributed by atoms with Gasteiger partial charge in [0.2, 0.25) is 0 Å². The largest absolute Gasteiger partial charge is 0.308 e. The van der Waals surface area contributed by atoms with Gasteiger partial charge in [-0.25, -0.2) is 0 Å². The van der Waals surface area contributed by atoms with E-state index in [-0.39, 0.29) is 6.04 Å². The summed E-state index contributed by atoms with van der Waals surface area (Å²) in [6, 6.07) is 3.97. The van der Waals surface area contributed by atoms with Gasteiger partial charge in [0.15, 0.2) is 0 Å². The van der Waals surface area contributed by atoms with Gasteiger partial charge in [0.25, 0.3) is 0 Å². The Balaban J connectivity index is 2.36. The van der Waals surface area contributed by atoms with Gasteiger partial charge in [-0.05, 0) is 42.0 Å². The van der Waals surface area contributed by atoms with Crippen molar-refractivity contribution in [2.75, 3.05) is 7.05 Å². The minimum atomic E-state index is 0.0610. The second kappa shape index (κ2) is 5.42. The van der Waals surface area contributed by atoms with Gasteiger partial charge in [0.05, 0.1) is 17.9 Å². The second-order valence-electron chi connectivity index (χ2n) is 3.72. The number of pyridine rings is 1. The molecule has 1 N–H and O–H groups in total. The van der Waals surface area contributed by atoms with Gasteiger partial charge in [-0.15, -0.1) is 0 Å². The van der Waals surface area contributed by atoms with E-state index in [0.29, 0.717) is 0 Å². The summed E-state index contributed by atoms with van der Waals surface area (Å²) in [5, 5.41) is 7.56. The van der Waals surface area contributed by atoms with Crippen molar-refractivity contribution >= 4 is 15.9 Å². The fraction of sp³-hybridized carbons (Fsp3) is 0.333. The van der Waals surface area contributed by atoms with Gasteiger partial charge in [-0.1, -0.05) is 0 Å². The Morgan fingerprint density at radius 1 is 1.53 bits per heavy atom. The molecule has 17 heavy (non-hydrogen) atoms. The van der Waals surface area contributed by atoms with Crippen molar-refractivity contribution in [1.29, 1.82) is 0 Å². The summed E-state index contributed by atoms with van der Waals surface area (Å²) in [6.07, 6.45) is 5.72. The monoisotopic (exact) mass is 294 g/mol. The average Bonchev–Trinajstić information content (AvgIpc) is 2.81. The molecule has 0 radical (unpaired) electrons. The van der Waals surface area contributed by atoms with Gasteiger partial charge in [-0.2, -0.15) is 5.10 Å². The summed E-state index contributed by atoms with van der Waals surface area (Å²) in [5.41, 5.74) is 2.10. The third-order valence-corrected chi connectivity index (χ3v) is 3.33. The van der Waals surface area contributed by atoms with E-state index in [4.69, 9.17) is 0 Å². The molecule has 0 amide bonds. The summed E-state index contributed by atoms with van der Waals surface area (Å²) in [4.78, 5) is 4.41. The number of aromatic nitrogens is 3. The number of nitrogens with zero attached hydrogens (tertiary/aromatic N) is 3. The molecule has 1 atom stereocenters. The molecular weight excluding hydrogens is 280 g/mol. The Labute approximate surface area is 109 Å². The molecule has 0 aliphatic rings. The smallest absolute Gasteiger partial charge is 0.0791 e. The second-order valence-corrected chi connectivity index (χ2v) is 4.58. The van der Waals surface area contributed by atoms with Crippen LogP contribution in [0.4, 0.5) is 0 Å². The Morgan fingerprint density at radius 3 is 2.94 bits per heavy atom. The molecule has 5 heteroatoms. The van der Waals surface area contributed by atoms with Crippen molar-refractivity contribution in [3.05, 3.63) is 46.5 Å². The first-order valence-electron chi connectivity index (χ1n) is 5.56. The lowest BCUT2D eigenvalue weighted by atomic mass is 10.1. The summed E-state index contributed by atoms with van der Waals surface area (Å²) in [5.74, 6) is 0. The van der Waals surface area contributed by atoms with Gasteiger partial charge in [-0.3, -0.25) is 9.67 Å². The van der Waals surface area contributed by atoms with Gasteiger partial charge < -0.3 is 5.32 Å². The van der Waals surface area contributed by atoms with Crippen LogP contribution in [-0.2, 0) is 6.54 Å². The van der Waals surface area contributed by atoms with Crippen molar-refractivity contribution < 1.29 is 0 Å². The van der Waals surface area contributed by atoms with Gasteiger partial charge in [0, 0.05) is 29.0 Å². The van der Waals surface area contributed by atoms with Crippen molar-refractivity contribution in [3.8, 4) is 0 Å². The van der Waals surface area contributed by atoms with E-state index in [1.54, 1.807) is 6.20 Å². The van der Waals surface area contributed by atoms with Crippen LogP contribution in [-0.4, -0.2) is 21.8 Å². The highest BCUT2D eigenvalue weighted by atomic mass is 79.9. The number of halogens is 1. The van der Waals surface area contributed by atoms with E-state index < -0.39 is 0 Å². The fourth-order valence-corrected chi connectivity index (χ4v) is 2.26. The molecule has 0 saturated carbocycles. The van der Waals surface area contributed by atoms with Crippen LogP contribution in [0.15, 0.2) is 35.2 Å². The number of rotatable bonds is 4. The maximum atomic E-state index is 4.41. The first-order chi connectivity index (χ1) is 8.26. The minimum Gasteiger partial charge on any atom is -0.308 e. The molecule has 90 valence electrons. The summed E-state index contributed by atoms with van der Waals surface area (Å²) < 4.78 is 2.92. The SMILES string of the molecule is CCn1cc(C(NC)c2ncccc2Br)cn1. The van der Waals surface area contributed by atoms with Crippen LogP contribution in [0.25, 0.3) is 0 Å². The van der Waals surface area contributed by atoms with Gasteiger partial charge in [0.1, 0.15) is 0 Å². The van der Waals surface area contributed by atoms with Crippen LogP contribution in [0, 0.1) is 0 Å². The van der Waals surface area contributed by atoms with Gasteiger partial charge >= 0.3 is 0 Å². The number of hydrogen-bond donors (Lipinski definition) is 1. The standard InChI is InChI=1S/C12H15BrN4/c1-3-17-8-9(7-16-17)11(14-2)12-10(13)5-4-6-15-12/h4-8,11,14H,3H2,1-2H3. The van der Waals surface area contributed by atoms with E-state index in [1.165, 1.54) is 0 Å². The first kappa shape index (κ1) is 12.3. The molecule has 0 saturated heterocycles. The van der Waals surface area contributed by atoms with Crippen LogP contribution < -0.4 is 5.32 Å². The summed E-state index contributed by atoms with van der Waals surface area (Å²) >= 11 is 3.53. The van der Waals surface area contributed by atoms with Crippen molar-refractivity contribution in [1.82, 2.24) is 20.1 Å². The molecule has 0 spiro atoms. The minimum absolute atomic E-state index is 0.0610. The zero-order chi connectivity index (χ0) is 12.3. The quantitative estimate of drug-likeness (QED) is 0.941. The fourth-order valence-electron chi connectivity index (χ4n) is 1.77. The van der Waals surface area contributed by atoms with Crippen molar-refractivity contribution in [3.63, 3.8) is 0 Å². The topological polar surface area (TPSA) is 42.7 Å². The molecule has 0 fully saturated rings. The number of nitrogens with one attached hydrogen (secondary N) is 1. The Hall–Kier alpha value is -1.20. The molecule has 0 aliphatic heterocycles. The maximum absolute atomic E-state index is 4.41. The molecular formula is C12H15BrN4. The van der Waals surface area contributed by atoms with Crippen LogP contribution in [0.2, 0.25) is 0 Å². The van der Waals surface area contributed by atoms with E-state index in [0.717, 1.165) is 22.3 Å². The predicted octanol–water partition coefficient (Wildman–Crippen LogP) is 2.37. The molecule has 2 aromatic heterocycles. The molecule has 2 rings (SSSR count). The normalized spacial score (nSPS) is 12.6. The Bertz CT molecular complexity index is 495. The average molecular weight is 295 g/mol. The molecule has 0 aromatic carbocycles. The Morgan fingerprint density at radius 2 is 2.35 bits per heavy atom.